The molecule has 0 saturated heterocycles. The third-order valence-electron chi connectivity index (χ3n) is 5.99. The number of benzene rings is 2. The van der Waals surface area contributed by atoms with Crippen LogP contribution in [0.3, 0.4) is 0 Å². The number of esters is 1. The third-order valence-corrected chi connectivity index (χ3v) is 12.7. The van der Waals surface area contributed by atoms with Crippen molar-refractivity contribution in [3.63, 3.8) is 0 Å². The molecule has 248 valence electrons. The summed E-state index contributed by atoms with van der Waals surface area (Å²) in [6.45, 7) is 0. The molecule has 0 aliphatic rings. The van der Waals surface area contributed by atoms with Crippen LogP contribution >= 0.6 is 45.3 Å². The number of sulfonamides is 2. The van der Waals surface area contributed by atoms with E-state index < -0.39 is 31.9 Å². The fraction of sp³-hybridized carbons (Fsp3) is 0.0345. The summed E-state index contributed by atoms with van der Waals surface area (Å²) < 4.78 is 58.6. The molecule has 4 N–H and O–H groups in total. The summed E-state index contributed by atoms with van der Waals surface area (Å²) in [5.41, 5.74) is 2.71. The van der Waals surface area contributed by atoms with Gasteiger partial charge < -0.3 is 4.74 Å². The molecule has 2 aromatic carbocycles. The topological polar surface area (TPSA) is 194 Å². The molecule has 4 aromatic heterocycles. The van der Waals surface area contributed by atoms with Crippen LogP contribution in [0.15, 0.2) is 105 Å². The van der Waals surface area contributed by atoms with Crippen LogP contribution in [0.25, 0.3) is 21.1 Å². The first-order chi connectivity index (χ1) is 23.0. The lowest BCUT2D eigenvalue weighted by Gasteiger charge is -2.04. The fourth-order valence-electron chi connectivity index (χ4n) is 3.75. The minimum atomic E-state index is -3.69. The minimum Gasteiger partial charge on any atom is -0.465 e. The Hall–Kier alpha value is -4.50. The van der Waals surface area contributed by atoms with Crippen LogP contribution in [0.2, 0.25) is 0 Å². The average Bonchev–Trinajstić information content (AvgIpc) is 3.92. The number of amides is 1. The van der Waals surface area contributed by atoms with E-state index in [1.54, 1.807) is 76.9 Å². The summed E-state index contributed by atoms with van der Waals surface area (Å²) in [6.07, 6.45) is 0. The third kappa shape index (κ3) is 8.50. The smallest absolute Gasteiger partial charge is 0.348 e. The van der Waals surface area contributed by atoms with Gasteiger partial charge in [-0.05, 0) is 48.5 Å². The molecule has 0 saturated carbocycles. The van der Waals surface area contributed by atoms with Crippen LogP contribution in [-0.2, 0) is 24.8 Å². The molecule has 0 unspecified atom stereocenters. The van der Waals surface area contributed by atoms with Crippen LogP contribution in [-0.4, -0.2) is 51.0 Å². The predicted molar refractivity (Wildman–Crippen MR) is 186 cm³/mol. The van der Waals surface area contributed by atoms with E-state index in [0.29, 0.717) is 26.0 Å². The van der Waals surface area contributed by atoms with Gasteiger partial charge in [-0.3, -0.25) is 19.4 Å². The fourth-order valence-corrected chi connectivity index (χ4v) is 9.61. The second-order valence-corrected chi connectivity index (χ2v) is 16.4. The number of hydrogen-bond acceptors (Lipinski definition) is 14. The van der Waals surface area contributed by atoms with Gasteiger partial charge in [-0.2, -0.15) is 0 Å². The summed E-state index contributed by atoms with van der Waals surface area (Å²) >= 11 is 4.70. The van der Waals surface area contributed by atoms with Gasteiger partial charge in [0.05, 0.1) is 42.9 Å². The van der Waals surface area contributed by atoms with Crippen molar-refractivity contribution in [2.45, 2.75) is 9.79 Å². The average molecular weight is 762 g/mol. The molecule has 4 heterocycles. The van der Waals surface area contributed by atoms with Crippen molar-refractivity contribution in [1.29, 1.82) is 0 Å². The van der Waals surface area contributed by atoms with E-state index in [-0.39, 0.29) is 20.1 Å². The van der Waals surface area contributed by atoms with Crippen molar-refractivity contribution in [2.24, 2.45) is 0 Å². The van der Waals surface area contributed by atoms with E-state index in [1.807, 2.05) is 0 Å². The number of carbonyl (C=O) groups excluding carboxylic acids is 2. The van der Waals surface area contributed by atoms with Gasteiger partial charge in [-0.1, -0.05) is 36.4 Å². The molecule has 0 fully saturated rings. The zero-order valence-electron chi connectivity index (χ0n) is 24.4. The summed E-state index contributed by atoms with van der Waals surface area (Å²) in [5, 5.41) is 12.5. The first-order valence-corrected chi connectivity index (χ1v) is 19.6. The molecule has 0 aliphatic heterocycles. The largest absolute Gasteiger partial charge is 0.465 e. The number of aromatic nitrogens is 2. The number of thiazole rings is 2. The van der Waals surface area contributed by atoms with Crippen LogP contribution in [0, 0.1) is 0 Å². The molecule has 13 nitrogen and oxygen atoms in total. The Kier molecular flexibility index (Phi) is 11.0. The highest BCUT2D eigenvalue weighted by Gasteiger charge is 2.19. The maximum atomic E-state index is 12.3. The summed E-state index contributed by atoms with van der Waals surface area (Å²) in [6, 6.07) is 22.7. The summed E-state index contributed by atoms with van der Waals surface area (Å²) in [4.78, 5) is 33.9. The Morgan fingerprint density at radius 3 is 1.54 bits per heavy atom. The normalized spacial score (nSPS) is 11.2. The highest BCUT2D eigenvalue weighted by atomic mass is 32.2. The van der Waals surface area contributed by atoms with E-state index >= 15 is 0 Å². The van der Waals surface area contributed by atoms with Crippen molar-refractivity contribution in [3.8, 4) is 21.1 Å². The first kappa shape index (κ1) is 34.8. The van der Waals surface area contributed by atoms with Crippen molar-refractivity contribution in [3.05, 3.63) is 105 Å². The van der Waals surface area contributed by atoms with Crippen molar-refractivity contribution in [1.82, 2.24) is 15.4 Å². The monoisotopic (exact) mass is 761 g/mol. The summed E-state index contributed by atoms with van der Waals surface area (Å²) in [5.74, 6) is -1.02. The van der Waals surface area contributed by atoms with Gasteiger partial charge in [-0.15, -0.1) is 45.3 Å². The van der Waals surface area contributed by atoms with Gasteiger partial charge in [0.1, 0.15) is 4.88 Å². The van der Waals surface area contributed by atoms with E-state index in [9.17, 15) is 26.4 Å². The van der Waals surface area contributed by atoms with Crippen LogP contribution in [0.1, 0.15) is 19.3 Å². The van der Waals surface area contributed by atoms with Gasteiger partial charge in [0.25, 0.3) is 26.0 Å². The molecular formula is C29H23N5O8S6. The quantitative estimate of drug-likeness (QED) is 0.0704. The van der Waals surface area contributed by atoms with Crippen molar-refractivity contribution < 1.29 is 36.4 Å². The number of ether oxygens (including phenoxy) is 1. The first-order valence-electron chi connectivity index (χ1n) is 13.3. The molecule has 0 bridgehead atoms. The summed E-state index contributed by atoms with van der Waals surface area (Å²) in [7, 11) is -6.04. The minimum absolute atomic E-state index is 0.153. The predicted octanol–water partition coefficient (Wildman–Crippen LogP) is 6.25. The Morgan fingerprint density at radius 2 is 1.10 bits per heavy atom. The number of methoxy groups -OCH3 is 1. The number of carbonyl (C=O) groups is 2. The molecule has 0 aliphatic carbocycles. The number of thiophene rings is 2. The Balaban J connectivity index is 0.000000188. The van der Waals surface area contributed by atoms with E-state index in [2.05, 4.69) is 24.1 Å². The van der Waals surface area contributed by atoms with Crippen molar-refractivity contribution in [2.75, 3.05) is 16.6 Å². The van der Waals surface area contributed by atoms with E-state index in [0.717, 1.165) is 27.6 Å². The second-order valence-electron chi connectivity index (χ2n) is 9.17. The molecule has 48 heavy (non-hydrogen) atoms. The van der Waals surface area contributed by atoms with E-state index in [1.165, 1.54) is 54.0 Å². The van der Waals surface area contributed by atoms with Gasteiger partial charge in [0.15, 0.2) is 10.3 Å². The van der Waals surface area contributed by atoms with Crippen LogP contribution in [0.4, 0.5) is 10.3 Å². The number of hydrogen-bond donors (Lipinski definition) is 4. The van der Waals surface area contributed by atoms with Crippen LogP contribution in [0.5, 0.6) is 0 Å². The second kappa shape index (κ2) is 15.2. The molecule has 0 spiro atoms. The van der Waals surface area contributed by atoms with Crippen molar-refractivity contribution >= 4 is 87.5 Å². The maximum Gasteiger partial charge on any atom is 0.348 e. The SMILES string of the molecule is COC(=O)c1ccc(-c2csc(NS(=O)(=O)c3ccccc3)n2)s1.O=C(NO)c1ccc(-c2csc(NS(=O)(=O)c3ccccc3)n2)s1. The molecule has 19 heteroatoms. The Morgan fingerprint density at radius 1 is 0.667 bits per heavy atom. The molecule has 1 amide bonds. The lowest BCUT2D eigenvalue weighted by atomic mass is 10.3. The number of rotatable bonds is 10. The Labute approximate surface area is 290 Å². The van der Waals surface area contributed by atoms with Gasteiger partial charge in [-0.25, -0.2) is 37.1 Å². The molecule has 0 atom stereocenters. The standard InChI is InChI=1S/C15H12N2O4S3.C14H11N3O4S3/c1-21-14(18)13-8-7-12(23-13)11-9-22-15(16-11)17-24(19,20)10-5-3-2-4-6-10;18-13(16-19)12-7-6-11(23-12)10-8-22-14(15-10)17-24(20,21)9-4-2-1-3-5-9/h2-9H,1H3,(H,16,17);1-8,19H,(H,15,17)(H,16,18). The molecular weight excluding hydrogens is 739 g/mol. The zero-order chi connectivity index (χ0) is 34.3. The molecule has 6 aromatic rings. The van der Waals surface area contributed by atoms with Gasteiger partial charge in [0.2, 0.25) is 0 Å². The lowest BCUT2D eigenvalue weighted by molar-refractivity contribution is 0.0606. The maximum absolute atomic E-state index is 12.3. The number of hydroxylamine groups is 1. The number of nitrogens with one attached hydrogen (secondary N) is 3. The van der Waals surface area contributed by atoms with Crippen LogP contribution < -0.4 is 14.9 Å². The van der Waals surface area contributed by atoms with Gasteiger partial charge in [0, 0.05) is 10.8 Å². The highest BCUT2D eigenvalue weighted by Crippen LogP contribution is 2.33. The van der Waals surface area contributed by atoms with E-state index in [4.69, 9.17) is 5.21 Å². The number of anilines is 2. The molecule has 0 radical (unpaired) electrons. The zero-order valence-corrected chi connectivity index (χ0v) is 29.3. The van der Waals surface area contributed by atoms with Gasteiger partial charge >= 0.3 is 5.97 Å². The highest BCUT2D eigenvalue weighted by molar-refractivity contribution is 7.93. The Bertz CT molecular complexity index is 2090. The number of nitrogens with zero attached hydrogens (tertiary/aromatic N) is 2. The molecule has 6 rings (SSSR count). The lowest BCUT2D eigenvalue weighted by Crippen LogP contribution is -2.16.